The van der Waals surface area contributed by atoms with Gasteiger partial charge in [0.1, 0.15) is 6.67 Å². The van der Waals surface area contributed by atoms with Crippen molar-refractivity contribution in [3.8, 4) is 0 Å². The SMILES string of the molecule is Cc1ccccc1C(=O)NC1=NCN(Cc2ccccc2)N1. The monoisotopic (exact) mass is 294 g/mol. The fourth-order valence-electron chi connectivity index (χ4n) is 2.34. The molecule has 0 bridgehead atoms. The zero-order valence-corrected chi connectivity index (χ0v) is 12.4. The van der Waals surface area contributed by atoms with Gasteiger partial charge in [0.25, 0.3) is 5.91 Å². The Hall–Kier alpha value is -2.66. The van der Waals surface area contributed by atoms with Crippen LogP contribution in [0.4, 0.5) is 0 Å². The van der Waals surface area contributed by atoms with Crippen LogP contribution >= 0.6 is 0 Å². The number of carbonyl (C=O) groups is 1. The lowest BCUT2D eigenvalue weighted by Gasteiger charge is -2.16. The Morgan fingerprint density at radius 1 is 1.18 bits per heavy atom. The summed E-state index contributed by atoms with van der Waals surface area (Å²) in [7, 11) is 0. The Balaban J connectivity index is 1.57. The van der Waals surface area contributed by atoms with E-state index in [4.69, 9.17) is 0 Å². The number of amides is 1. The number of rotatable bonds is 3. The highest BCUT2D eigenvalue weighted by Gasteiger charge is 2.18. The number of aryl methyl sites for hydroxylation is 1. The van der Waals surface area contributed by atoms with Gasteiger partial charge in [0.15, 0.2) is 0 Å². The molecule has 0 saturated heterocycles. The van der Waals surface area contributed by atoms with Crippen molar-refractivity contribution < 1.29 is 4.79 Å². The number of hydrogen-bond donors (Lipinski definition) is 2. The molecule has 0 fully saturated rings. The Bertz CT molecular complexity index is 697. The smallest absolute Gasteiger partial charge is 0.258 e. The molecule has 3 rings (SSSR count). The molecule has 22 heavy (non-hydrogen) atoms. The van der Waals surface area contributed by atoms with Gasteiger partial charge >= 0.3 is 0 Å². The fourth-order valence-corrected chi connectivity index (χ4v) is 2.34. The second-order valence-corrected chi connectivity index (χ2v) is 5.21. The van der Waals surface area contributed by atoms with Gasteiger partial charge in [0, 0.05) is 12.1 Å². The van der Waals surface area contributed by atoms with Gasteiger partial charge in [-0.3, -0.25) is 15.5 Å². The van der Waals surface area contributed by atoms with Crippen molar-refractivity contribution in [3.63, 3.8) is 0 Å². The molecule has 5 nitrogen and oxygen atoms in total. The minimum atomic E-state index is -0.147. The molecule has 0 atom stereocenters. The average molecular weight is 294 g/mol. The third-order valence-electron chi connectivity index (χ3n) is 3.50. The summed E-state index contributed by atoms with van der Waals surface area (Å²) in [5.74, 6) is 0.343. The molecule has 2 aromatic rings. The summed E-state index contributed by atoms with van der Waals surface area (Å²) in [6.07, 6.45) is 0. The average Bonchev–Trinajstić information content (AvgIpc) is 2.95. The Labute approximate surface area is 129 Å². The number of guanidine groups is 1. The van der Waals surface area contributed by atoms with Crippen molar-refractivity contribution in [2.24, 2.45) is 4.99 Å². The molecule has 0 unspecified atom stereocenters. The van der Waals surface area contributed by atoms with E-state index in [1.165, 1.54) is 5.56 Å². The minimum absolute atomic E-state index is 0.147. The van der Waals surface area contributed by atoms with Crippen molar-refractivity contribution in [2.75, 3.05) is 6.67 Å². The van der Waals surface area contributed by atoms with Crippen LogP contribution in [0.5, 0.6) is 0 Å². The van der Waals surface area contributed by atoms with Crippen molar-refractivity contribution >= 4 is 11.9 Å². The molecule has 0 saturated carbocycles. The molecule has 0 spiro atoms. The molecule has 1 heterocycles. The molecule has 2 aromatic carbocycles. The zero-order chi connectivity index (χ0) is 15.4. The molecule has 1 aliphatic heterocycles. The molecule has 0 radical (unpaired) electrons. The van der Waals surface area contributed by atoms with E-state index in [0.717, 1.165) is 12.1 Å². The van der Waals surface area contributed by atoms with Gasteiger partial charge in [-0.05, 0) is 24.1 Å². The fraction of sp³-hybridized carbons (Fsp3) is 0.176. The Kier molecular flexibility index (Phi) is 4.16. The lowest BCUT2D eigenvalue weighted by atomic mass is 10.1. The van der Waals surface area contributed by atoms with Crippen molar-refractivity contribution in [3.05, 3.63) is 71.3 Å². The van der Waals surface area contributed by atoms with Crippen LogP contribution < -0.4 is 10.7 Å². The Morgan fingerprint density at radius 3 is 2.68 bits per heavy atom. The number of carbonyl (C=O) groups excluding carboxylic acids is 1. The van der Waals surface area contributed by atoms with Crippen LogP contribution in [0.2, 0.25) is 0 Å². The minimum Gasteiger partial charge on any atom is -0.291 e. The van der Waals surface area contributed by atoms with Gasteiger partial charge in [-0.1, -0.05) is 48.5 Å². The topological polar surface area (TPSA) is 56.7 Å². The van der Waals surface area contributed by atoms with E-state index in [9.17, 15) is 4.79 Å². The van der Waals surface area contributed by atoms with E-state index in [2.05, 4.69) is 27.9 Å². The number of aliphatic imine (C=N–C) groups is 1. The predicted octanol–water partition coefficient (Wildman–Crippen LogP) is 2.06. The summed E-state index contributed by atoms with van der Waals surface area (Å²) < 4.78 is 0. The predicted molar refractivity (Wildman–Crippen MR) is 86.1 cm³/mol. The summed E-state index contributed by atoms with van der Waals surface area (Å²) in [4.78, 5) is 16.5. The van der Waals surface area contributed by atoms with Gasteiger partial charge in [-0.2, -0.15) is 5.01 Å². The first-order valence-electron chi connectivity index (χ1n) is 7.19. The van der Waals surface area contributed by atoms with E-state index in [1.807, 2.05) is 54.4 Å². The van der Waals surface area contributed by atoms with Crippen LogP contribution in [0, 0.1) is 6.92 Å². The maximum atomic E-state index is 12.2. The van der Waals surface area contributed by atoms with Crippen molar-refractivity contribution in [1.29, 1.82) is 0 Å². The summed E-state index contributed by atoms with van der Waals surface area (Å²) in [6.45, 7) is 3.16. The molecule has 0 aromatic heterocycles. The third kappa shape index (κ3) is 3.32. The number of nitrogens with zero attached hydrogens (tertiary/aromatic N) is 2. The molecular weight excluding hydrogens is 276 g/mol. The van der Waals surface area contributed by atoms with E-state index in [1.54, 1.807) is 0 Å². The second kappa shape index (κ2) is 6.41. The van der Waals surface area contributed by atoms with Crippen molar-refractivity contribution in [2.45, 2.75) is 13.5 Å². The summed E-state index contributed by atoms with van der Waals surface area (Å²) in [6, 6.07) is 17.6. The van der Waals surface area contributed by atoms with Crippen LogP contribution in [0.15, 0.2) is 59.6 Å². The normalized spacial score (nSPS) is 14.3. The van der Waals surface area contributed by atoms with Gasteiger partial charge in [-0.15, -0.1) is 0 Å². The number of benzene rings is 2. The standard InChI is InChI=1S/C17H18N4O/c1-13-7-5-6-10-15(13)16(22)19-17-18-12-21(20-17)11-14-8-3-2-4-9-14/h2-10H,11-12H2,1H3,(H2,18,19,20,22). The summed E-state index contributed by atoms with van der Waals surface area (Å²) in [5.41, 5.74) is 5.91. The molecule has 1 aliphatic rings. The van der Waals surface area contributed by atoms with Gasteiger partial charge in [0.05, 0.1) is 0 Å². The van der Waals surface area contributed by atoms with Crippen LogP contribution in [-0.4, -0.2) is 23.5 Å². The molecular formula is C17H18N4O. The van der Waals surface area contributed by atoms with Crippen molar-refractivity contribution in [1.82, 2.24) is 15.8 Å². The number of hydrazine groups is 1. The summed E-state index contributed by atoms with van der Waals surface area (Å²) >= 11 is 0. The van der Waals surface area contributed by atoms with E-state index in [-0.39, 0.29) is 5.91 Å². The van der Waals surface area contributed by atoms with Crippen LogP contribution in [0.3, 0.4) is 0 Å². The molecule has 112 valence electrons. The lowest BCUT2D eigenvalue weighted by molar-refractivity contribution is 0.0974. The van der Waals surface area contributed by atoms with E-state index >= 15 is 0 Å². The quantitative estimate of drug-likeness (QED) is 0.911. The largest absolute Gasteiger partial charge is 0.291 e. The molecule has 5 heteroatoms. The lowest BCUT2D eigenvalue weighted by Crippen LogP contribution is -2.44. The van der Waals surface area contributed by atoms with Crippen LogP contribution in [-0.2, 0) is 6.54 Å². The van der Waals surface area contributed by atoms with E-state index < -0.39 is 0 Å². The maximum absolute atomic E-state index is 12.2. The highest BCUT2D eigenvalue weighted by molar-refractivity contribution is 6.06. The molecule has 2 N–H and O–H groups in total. The van der Waals surface area contributed by atoms with Crippen LogP contribution in [0.25, 0.3) is 0 Å². The highest BCUT2D eigenvalue weighted by Crippen LogP contribution is 2.08. The maximum Gasteiger partial charge on any atom is 0.258 e. The number of nitrogens with one attached hydrogen (secondary N) is 2. The Morgan fingerprint density at radius 2 is 1.91 bits per heavy atom. The molecule has 0 aliphatic carbocycles. The zero-order valence-electron chi connectivity index (χ0n) is 12.4. The first-order valence-corrected chi connectivity index (χ1v) is 7.19. The first kappa shape index (κ1) is 14.3. The van der Waals surface area contributed by atoms with Gasteiger partial charge in [-0.25, -0.2) is 4.99 Å². The number of hydrogen-bond acceptors (Lipinski definition) is 4. The first-order chi connectivity index (χ1) is 10.7. The molecule has 1 amide bonds. The highest BCUT2D eigenvalue weighted by atomic mass is 16.2. The second-order valence-electron chi connectivity index (χ2n) is 5.21. The van der Waals surface area contributed by atoms with E-state index in [0.29, 0.717) is 18.2 Å². The third-order valence-corrected chi connectivity index (χ3v) is 3.50. The van der Waals surface area contributed by atoms with Gasteiger partial charge < -0.3 is 0 Å². The van der Waals surface area contributed by atoms with Crippen LogP contribution in [0.1, 0.15) is 21.5 Å². The van der Waals surface area contributed by atoms with Gasteiger partial charge in [0.2, 0.25) is 5.96 Å². The summed E-state index contributed by atoms with van der Waals surface area (Å²) in [5, 5.41) is 4.76.